The number of nitrogens with zero attached hydrogens (tertiary/aromatic N) is 1. The van der Waals surface area contributed by atoms with Gasteiger partial charge in [0.05, 0.1) is 8.07 Å². The van der Waals surface area contributed by atoms with E-state index in [9.17, 15) is 0 Å². The van der Waals surface area contributed by atoms with Crippen molar-refractivity contribution in [3.05, 3.63) is 24.3 Å². The maximum atomic E-state index is 2.46. The summed E-state index contributed by atoms with van der Waals surface area (Å²) in [6.07, 6.45) is 8.24. The van der Waals surface area contributed by atoms with E-state index in [0.717, 1.165) is 0 Å². The van der Waals surface area contributed by atoms with Gasteiger partial charge in [-0.2, -0.15) is 0 Å². The zero-order valence-corrected chi connectivity index (χ0v) is 16.6. The van der Waals surface area contributed by atoms with E-state index in [2.05, 4.69) is 64.0 Å². The van der Waals surface area contributed by atoms with Crippen LogP contribution < -0.4 is 10.1 Å². The molecule has 1 nitrogen and oxygen atoms in total. The van der Waals surface area contributed by atoms with Crippen LogP contribution in [0.3, 0.4) is 0 Å². The molecule has 0 spiro atoms. The Hall–Kier alpha value is -0.763. The minimum atomic E-state index is -1.31. The van der Waals surface area contributed by atoms with E-state index in [4.69, 9.17) is 0 Å². The molecule has 0 aliphatic rings. The molecular weight excluding hydrogens is 282 g/mol. The highest BCUT2D eigenvalue weighted by Crippen LogP contribution is 2.29. The van der Waals surface area contributed by atoms with Crippen LogP contribution >= 0.6 is 0 Å². The second-order valence-corrected chi connectivity index (χ2v) is 11.7. The molecule has 0 atom stereocenters. The minimum Gasteiger partial charge on any atom is -0.378 e. The molecule has 126 valence electrons. The fraction of sp³-hybridized carbons (Fsp3) is 0.700. The molecule has 0 amide bonds. The van der Waals surface area contributed by atoms with Gasteiger partial charge in [0, 0.05) is 19.8 Å². The maximum Gasteiger partial charge on any atom is 0.0867 e. The van der Waals surface area contributed by atoms with Gasteiger partial charge in [0.2, 0.25) is 0 Å². The van der Waals surface area contributed by atoms with Crippen LogP contribution in [0.1, 0.15) is 59.3 Å². The Labute approximate surface area is 140 Å². The fourth-order valence-corrected chi connectivity index (χ4v) is 9.05. The molecule has 22 heavy (non-hydrogen) atoms. The van der Waals surface area contributed by atoms with Gasteiger partial charge in [0.25, 0.3) is 0 Å². The first-order valence-electron chi connectivity index (χ1n) is 9.37. The van der Waals surface area contributed by atoms with Crippen molar-refractivity contribution < 1.29 is 0 Å². The summed E-state index contributed by atoms with van der Waals surface area (Å²) in [5.74, 6) is 0. The number of anilines is 1. The molecule has 1 rings (SSSR count). The predicted octanol–water partition coefficient (Wildman–Crippen LogP) is 5.81. The highest BCUT2D eigenvalue weighted by Gasteiger charge is 2.32. The SMILES string of the molecule is CCCC[Si](CCCC)(CCCC)c1ccc(N(C)C)cc1. The summed E-state index contributed by atoms with van der Waals surface area (Å²) >= 11 is 0. The van der Waals surface area contributed by atoms with Crippen LogP contribution in [-0.2, 0) is 0 Å². The first-order valence-corrected chi connectivity index (χ1v) is 12.0. The van der Waals surface area contributed by atoms with E-state index in [0.29, 0.717) is 0 Å². The lowest BCUT2D eigenvalue weighted by molar-refractivity contribution is 0.800. The molecule has 0 saturated heterocycles. The van der Waals surface area contributed by atoms with Gasteiger partial charge in [-0.3, -0.25) is 0 Å². The van der Waals surface area contributed by atoms with Gasteiger partial charge in [0.1, 0.15) is 0 Å². The summed E-state index contributed by atoms with van der Waals surface area (Å²) < 4.78 is 0. The largest absolute Gasteiger partial charge is 0.378 e. The quantitative estimate of drug-likeness (QED) is 0.465. The third-order valence-electron chi connectivity index (χ3n) is 5.02. The second kappa shape index (κ2) is 10.1. The van der Waals surface area contributed by atoms with Crippen LogP contribution in [0.15, 0.2) is 24.3 Å². The molecule has 0 heterocycles. The van der Waals surface area contributed by atoms with Gasteiger partial charge < -0.3 is 4.90 Å². The Morgan fingerprint density at radius 3 is 1.45 bits per heavy atom. The molecule has 0 fully saturated rings. The fourth-order valence-electron chi connectivity index (χ4n) is 3.47. The number of hydrogen-bond acceptors (Lipinski definition) is 1. The van der Waals surface area contributed by atoms with Gasteiger partial charge >= 0.3 is 0 Å². The van der Waals surface area contributed by atoms with Gasteiger partial charge in [-0.1, -0.05) is 94.7 Å². The molecule has 1 aromatic carbocycles. The van der Waals surface area contributed by atoms with E-state index >= 15 is 0 Å². The van der Waals surface area contributed by atoms with E-state index < -0.39 is 8.07 Å². The van der Waals surface area contributed by atoms with Crippen molar-refractivity contribution in [3.8, 4) is 0 Å². The average molecular weight is 320 g/mol. The molecule has 0 aliphatic heterocycles. The van der Waals surface area contributed by atoms with Gasteiger partial charge in [-0.05, 0) is 12.1 Å². The number of benzene rings is 1. The molecule has 0 saturated carbocycles. The van der Waals surface area contributed by atoms with E-state index in [1.54, 1.807) is 5.19 Å². The highest BCUT2D eigenvalue weighted by atomic mass is 28.3. The Balaban J connectivity index is 3.07. The molecule has 0 aromatic heterocycles. The number of hydrogen-bond donors (Lipinski definition) is 0. The number of rotatable bonds is 11. The van der Waals surface area contributed by atoms with Gasteiger partial charge in [-0.15, -0.1) is 0 Å². The highest BCUT2D eigenvalue weighted by molar-refractivity contribution is 6.91. The van der Waals surface area contributed by atoms with Gasteiger partial charge in [0.15, 0.2) is 0 Å². The first kappa shape index (κ1) is 19.3. The summed E-state index contributed by atoms with van der Waals surface area (Å²) in [4.78, 5) is 2.21. The molecule has 1 aromatic rings. The summed E-state index contributed by atoms with van der Waals surface area (Å²) in [6.45, 7) is 7.02. The van der Waals surface area contributed by atoms with E-state index in [-0.39, 0.29) is 0 Å². The Morgan fingerprint density at radius 2 is 1.14 bits per heavy atom. The molecule has 0 N–H and O–H groups in total. The third-order valence-corrected chi connectivity index (χ3v) is 10.5. The van der Waals surface area contributed by atoms with Crippen molar-refractivity contribution in [2.75, 3.05) is 19.0 Å². The molecule has 0 radical (unpaired) electrons. The van der Waals surface area contributed by atoms with Crippen molar-refractivity contribution in [2.45, 2.75) is 77.4 Å². The summed E-state index contributed by atoms with van der Waals surface area (Å²) in [5.41, 5.74) is 1.33. The van der Waals surface area contributed by atoms with Gasteiger partial charge in [-0.25, -0.2) is 0 Å². The lowest BCUT2D eigenvalue weighted by Crippen LogP contribution is -2.47. The van der Waals surface area contributed by atoms with Crippen molar-refractivity contribution in [1.82, 2.24) is 0 Å². The van der Waals surface area contributed by atoms with Crippen molar-refractivity contribution >= 4 is 18.9 Å². The Bertz CT molecular complexity index is 375. The minimum absolute atomic E-state index is 1.31. The number of unbranched alkanes of at least 4 members (excludes halogenated alkanes) is 3. The van der Waals surface area contributed by atoms with Crippen LogP contribution in [0.4, 0.5) is 5.69 Å². The van der Waals surface area contributed by atoms with Crippen LogP contribution in [0, 0.1) is 0 Å². The zero-order valence-electron chi connectivity index (χ0n) is 15.6. The lowest BCUT2D eigenvalue weighted by atomic mass is 10.3. The van der Waals surface area contributed by atoms with Crippen LogP contribution in [-0.4, -0.2) is 22.2 Å². The third kappa shape index (κ3) is 5.46. The summed E-state index contributed by atoms with van der Waals surface area (Å²) in [5, 5.41) is 1.72. The zero-order chi connectivity index (χ0) is 16.4. The summed E-state index contributed by atoms with van der Waals surface area (Å²) in [7, 11) is 2.95. The van der Waals surface area contributed by atoms with Crippen molar-refractivity contribution in [3.63, 3.8) is 0 Å². The van der Waals surface area contributed by atoms with Crippen LogP contribution in [0.5, 0.6) is 0 Å². The van der Waals surface area contributed by atoms with E-state index in [1.165, 1.54) is 62.3 Å². The van der Waals surface area contributed by atoms with Crippen molar-refractivity contribution in [2.24, 2.45) is 0 Å². The lowest BCUT2D eigenvalue weighted by Gasteiger charge is -2.33. The molecule has 0 bridgehead atoms. The Morgan fingerprint density at radius 1 is 0.727 bits per heavy atom. The topological polar surface area (TPSA) is 3.24 Å². The normalized spacial score (nSPS) is 11.7. The second-order valence-electron chi connectivity index (χ2n) is 7.03. The molecule has 2 heteroatoms. The van der Waals surface area contributed by atoms with Crippen LogP contribution in [0.25, 0.3) is 0 Å². The molecule has 0 unspecified atom stereocenters. The smallest absolute Gasteiger partial charge is 0.0867 e. The summed E-state index contributed by atoms with van der Waals surface area (Å²) in [6, 6.07) is 14.1. The predicted molar refractivity (Wildman–Crippen MR) is 105 cm³/mol. The molecular formula is C20H37NSi. The standard InChI is InChI=1S/C20H37NSi/c1-6-9-16-22(17-10-7-2,18-11-8-3)20-14-12-19(13-15-20)21(4)5/h12-15H,6-11,16-18H2,1-5H3. The van der Waals surface area contributed by atoms with E-state index in [1.807, 2.05) is 0 Å². The maximum absolute atomic E-state index is 2.46. The first-order chi connectivity index (χ1) is 10.6. The van der Waals surface area contributed by atoms with Crippen LogP contribution in [0.2, 0.25) is 18.1 Å². The monoisotopic (exact) mass is 319 g/mol. The molecule has 0 aliphatic carbocycles. The Kier molecular flexibility index (Phi) is 8.85. The van der Waals surface area contributed by atoms with Crippen molar-refractivity contribution in [1.29, 1.82) is 0 Å². The average Bonchev–Trinajstić information content (AvgIpc) is 2.54.